The second-order valence-electron chi connectivity index (χ2n) is 5.56. The predicted molar refractivity (Wildman–Crippen MR) is 87.9 cm³/mol. The summed E-state index contributed by atoms with van der Waals surface area (Å²) in [4.78, 5) is 18.3. The Morgan fingerprint density at radius 2 is 2.23 bits per heavy atom. The van der Waals surface area contributed by atoms with Crippen molar-refractivity contribution in [2.45, 2.75) is 19.4 Å². The largest absolute Gasteiger partial charge is 0.393 e. The van der Waals surface area contributed by atoms with E-state index in [-0.39, 0.29) is 18.1 Å². The highest BCUT2D eigenvalue weighted by Gasteiger charge is 2.29. The number of nitrogens with zero attached hydrogens (tertiary/aromatic N) is 2. The third-order valence-electron chi connectivity index (χ3n) is 3.95. The first-order valence-corrected chi connectivity index (χ1v) is 8.20. The number of amides is 2. The molecule has 1 aromatic carbocycles. The lowest BCUT2D eigenvalue weighted by Gasteiger charge is -2.17. The number of likely N-dealkylation sites (tertiary alicyclic amines) is 1. The third kappa shape index (κ3) is 3.28. The number of carbonyl (C=O) groups excluding carboxylic acids is 1. The average molecular weight is 317 g/mol. The number of anilines is 1. The van der Waals surface area contributed by atoms with E-state index in [2.05, 4.69) is 10.3 Å². The maximum Gasteiger partial charge on any atom is 0.322 e. The van der Waals surface area contributed by atoms with Gasteiger partial charge in [0.1, 0.15) is 10.0 Å². The van der Waals surface area contributed by atoms with Crippen LogP contribution in [-0.4, -0.2) is 40.2 Å². The van der Waals surface area contributed by atoms with E-state index in [9.17, 15) is 9.90 Å². The molecule has 5 nitrogen and oxygen atoms in total. The van der Waals surface area contributed by atoms with Gasteiger partial charge in [-0.2, -0.15) is 0 Å². The van der Waals surface area contributed by atoms with Crippen LogP contribution in [0.15, 0.2) is 36.5 Å². The normalized spacial score (nSPS) is 19.2. The number of aliphatic hydroxyl groups is 1. The monoisotopic (exact) mass is 317 g/mol. The fourth-order valence-corrected chi connectivity index (χ4v) is 3.41. The zero-order valence-electron chi connectivity index (χ0n) is 12.4. The summed E-state index contributed by atoms with van der Waals surface area (Å²) in [5.74, 6) is 0.173. The molecule has 0 spiro atoms. The van der Waals surface area contributed by atoms with Crippen molar-refractivity contribution in [3.8, 4) is 10.6 Å². The van der Waals surface area contributed by atoms with Crippen molar-refractivity contribution in [3.63, 3.8) is 0 Å². The van der Waals surface area contributed by atoms with Crippen LogP contribution in [0.5, 0.6) is 0 Å². The van der Waals surface area contributed by atoms with Crippen molar-refractivity contribution in [3.05, 3.63) is 36.5 Å². The van der Waals surface area contributed by atoms with Crippen LogP contribution in [-0.2, 0) is 0 Å². The van der Waals surface area contributed by atoms with Crippen molar-refractivity contribution in [1.29, 1.82) is 0 Å². The zero-order valence-corrected chi connectivity index (χ0v) is 13.2. The molecule has 0 aliphatic carbocycles. The van der Waals surface area contributed by atoms with Crippen LogP contribution in [0.4, 0.5) is 9.80 Å². The van der Waals surface area contributed by atoms with E-state index >= 15 is 0 Å². The van der Waals surface area contributed by atoms with Gasteiger partial charge in [0.25, 0.3) is 0 Å². The Morgan fingerprint density at radius 1 is 1.45 bits per heavy atom. The van der Waals surface area contributed by atoms with Gasteiger partial charge in [0.2, 0.25) is 0 Å². The van der Waals surface area contributed by atoms with E-state index in [0.29, 0.717) is 13.1 Å². The molecule has 6 heteroatoms. The van der Waals surface area contributed by atoms with Gasteiger partial charge in [0, 0.05) is 24.6 Å². The summed E-state index contributed by atoms with van der Waals surface area (Å²) in [6.45, 7) is 3.07. The Morgan fingerprint density at radius 3 is 2.91 bits per heavy atom. The molecule has 2 N–H and O–H groups in total. The van der Waals surface area contributed by atoms with Crippen molar-refractivity contribution in [2.75, 3.05) is 18.4 Å². The second-order valence-corrected chi connectivity index (χ2v) is 6.59. The molecule has 3 rings (SSSR count). The maximum absolute atomic E-state index is 12.2. The zero-order chi connectivity index (χ0) is 15.5. The molecular formula is C16H19N3O2S. The van der Waals surface area contributed by atoms with Crippen molar-refractivity contribution >= 4 is 22.4 Å². The standard InChI is InChI=1S/C16H19N3O2S/c1-11(20)13-7-8-19(10-13)16(21)18-14-9-17-15(22-14)12-5-3-2-4-6-12/h2-6,9,11,13,20H,7-8,10H2,1H3,(H,18,21). The first kappa shape index (κ1) is 15.0. The molecule has 0 radical (unpaired) electrons. The fourth-order valence-electron chi connectivity index (χ4n) is 2.60. The molecule has 22 heavy (non-hydrogen) atoms. The molecule has 116 valence electrons. The minimum Gasteiger partial charge on any atom is -0.393 e. The SMILES string of the molecule is CC(O)C1CCN(C(=O)Nc2cnc(-c3ccccc3)s2)C1. The molecule has 1 saturated heterocycles. The molecule has 0 bridgehead atoms. The summed E-state index contributed by atoms with van der Waals surface area (Å²) < 4.78 is 0. The molecule has 2 heterocycles. The van der Waals surface area contributed by atoms with Crippen LogP contribution < -0.4 is 5.32 Å². The summed E-state index contributed by atoms with van der Waals surface area (Å²) >= 11 is 1.46. The lowest BCUT2D eigenvalue weighted by atomic mass is 10.0. The Labute approximate surface area is 133 Å². The van der Waals surface area contributed by atoms with Crippen molar-refractivity contribution < 1.29 is 9.90 Å². The average Bonchev–Trinajstić information content (AvgIpc) is 3.17. The van der Waals surface area contributed by atoms with Gasteiger partial charge in [0.05, 0.1) is 12.3 Å². The Balaban J connectivity index is 1.62. The van der Waals surface area contributed by atoms with E-state index in [1.165, 1.54) is 11.3 Å². The van der Waals surface area contributed by atoms with Gasteiger partial charge < -0.3 is 10.0 Å². The molecule has 1 aliphatic rings. The summed E-state index contributed by atoms with van der Waals surface area (Å²) in [6.07, 6.45) is 2.17. The molecule has 0 saturated carbocycles. The summed E-state index contributed by atoms with van der Waals surface area (Å²) in [5.41, 5.74) is 1.04. The maximum atomic E-state index is 12.2. The number of urea groups is 1. The van der Waals surface area contributed by atoms with Gasteiger partial charge in [-0.05, 0) is 13.3 Å². The van der Waals surface area contributed by atoms with E-state index in [1.807, 2.05) is 30.3 Å². The molecule has 1 fully saturated rings. The molecule has 2 atom stereocenters. The minimum absolute atomic E-state index is 0.119. The van der Waals surface area contributed by atoms with Crippen LogP contribution in [0.3, 0.4) is 0 Å². The minimum atomic E-state index is -0.370. The quantitative estimate of drug-likeness (QED) is 0.914. The Kier molecular flexibility index (Phi) is 4.40. The van der Waals surface area contributed by atoms with Gasteiger partial charge in [-0.25, -0.2) is 9.78 Å². The highest BCUT2D eigenvalue weighted by Crippen LogP contribution is 2.29. The van der Waals surface area contributed by atoms with Gasteiger partial charge >= 0.3 is 6.03 Å². The number of aliphatic hydroxyl groups excluding tert-OH is 1. The first-order chi connectivity index (χ1) is 10.6. The lowest BCUT2D eigenvalue weighted by Crippen LogP contribution is -2.33. The number of aromatic nitrogens is 1. The third-order valence-corrected chi connectivity index (χ3v) is 4.91. The number of carbonyl (C=O) groups is 1. The molecule has 2 aromatic rings. The molecule has 2 amide bonds. The summed E-state index contributed by atoms with van der Waals surface area (Å²) in [6, 6.07) is 9.78. The van der Waals surface area contributed by atoms with Gasteiger partial charge in [-0.1, -0.05) is 41.7 Å². The van der Waals surface area contributed by atoms with Gasteiger partial charge in [-0.3, -0.25) is 5.32 Å². The van der Waals surface area contributed by atoms with E-state index in [4.69, 9.17) is 0 Å². The van der Waals surface area contributed by atoms with Gasteiger partial charge in [0.15, 0.2) is 0 Å². The first-order valence-electron chi connectivity index (χ1n) is 7.38. The number of hydrogen-bond acceptors (Lipinski definition) is 4. The van der Waals surface area contributed by atoms with Crippen LogP contribution in [0, 0.1) is 5.92 Å². The highest BCUT2D eigenvalue weighted by molar-refractivity contribution is 7.19. The number of benzene rings is 1. The molecule has 2 unspecified atom stereocenters. The number of thiazole rings is 1. The van der Waals surface area contributed by atoms with E-state index in [1.54, 1.807) is 18.0 Å². The summed E-state index contributed by atoms with van der Waals surface area (Å²) in [7, 11) is 0. The Bertz CT molecular complexity index is 642. The highest BCUT2D eigenvalue weighted by atomic mass is 32.1. The van der Waals surface area contributed by atoms with Gasteiger partial charge in [-0.15, -0.1) is 0 Å². The topological polar surface area (TPSA) is 65.5 Å². The lowest BCUT2D eigenvalue weighted by molar-refractivity contribution is 0.130. The number of rotatable bonds is 3. The van der Waals surface area contributed by atoms with Crippen molar-refractivity contribution in [2.24, 2.45) is 5.92 Å². The number of nitrogens with one attached hydrogen (secondary N) is 1. The van der Waals surface area contributed by atoms with Crippen molar-refractivity contribution in [1.82, 2.24) is 9.88 Å². The molecule has 1 aliphatic heterocycles. The second kappa shape index (κ2) is 6.46. The van der Waals surface area contributed by atoms with E-state index in [0.717, 1.165) is 22.0 Å². The predicted octanol–water partition coefficient (Wildman–Crippen LogP) is 3.04. The van der Waals surface area contributed by atoms with Crippen LogP contribution in [0.25, 0.3) is 10.6 Å². The smallest absolute Gasteiger partial charge is 0.322 e. The Hall–Kier alpha value is -1.92. The molecule has 1 aromatic heterocycles. The van der Waals surface area contributed by atoms with Crippen LogP contribution in [0.2, 0.25) is 0 Å². The number of hydrogen-bond donors (Lipinski definition) is 2. The van der Waals surface area contributed by atoms with Crippen LogP contribution >= 0.6 is 11.3 Å². The fraction of sp³-hybridized carbons (Fsp3) is 0.375. The van der Waals surface area contributed by atoms with E-state index < -0.39 is 0 Å². The molecular weight excluding hydrogens is 298 g/mol. The summed E-state index contributed by atoms with van der Waals surface area (Å²) in [5, 5.41) is 14.1. The van der Waals surface area contributed by atoms with Crippen LogP contribution in [0.1, 0.15) is 13.3 Å².